The van der Waals surface area contributed by atoms with E-state index in [1.165, 1.54) is 5.56 Å². The fourth-order valence-electron chi connectivity index (χ4n) is 2.96. The zero-order valence-electron chi connectivity index (χ0n) is 13.4. The van der Waals surface area contributed by atoms with E-state index >= 15 is 0 Å². The Morgan fingerprint density at radius 3 is 2.74 bits per heavy atom. The zero-order valence-corrected chi connectivity index (χ0v) is 13.4. The summed E-state index contributed by atoms with van der Waals surface area (Å²) < 4.78 is 5.64. The van der Waals surface area contributed by atoms with E-state index in [9.17, 15) is 4.79 Å². The number of nitrogens with two attached hydrogens (primary N) is 1. The maximum Gasteiger partial charge on any atom is 0.264 e. The first-order chi connectivity index (χ1) is 11.2. The monoisotopic (exact) mass is 310 g/mol. The second kappa shape index (κ2) is 6.73. The molecule has 0 radical (unpaired) electrons. The van der Waals surface area contributed by atoms with Gasteiger partial charge in [-0.1, -0.05) is 25.1 Å². The fraction of sp³-hybridized carbons (Fsp3) is 0.316. The molecule has 0 spiro atoms. The molecule has 0 unspecified atom stereocenters. The van der Waals surface area contributed by atoms with Gasteiger partial charge in [0, 0.05) is 17.9 Å². The summed E-state index contributed by atoms with van der Waals surface area (Å²) in [5.41, 5.74) is 10.0. The highest BCUT2D eigenvalue weighted by molar-refractivity contribution is 5.96. The van der Waals surface area contributed by atoms with Gasteiger partial charge in [-0.15, -0.1) is 0 Å². The fourth-order valence-corrected chi connectivity index (χ4v) is 2.96. The Morgan fingerprint density at radius 2 is 2.00 bits per heavy atom. The standard InChI is InChI=1S/C19H22N2O2/c1-2-14-8-10-15(11-9-14)23-13-19(22)21-12-4-5-16-17(20)6-3-7-18(16)21/h3,6-11H,2,4-5,12-13,20H2,1H3. The first-order valence-corrected chi connectivity index (χ1v) is 8.08. The van der Waals surface area contributed by atoms with E-state index in [0.29, 0.717) is 6.54 Å². The molecule has 1 aliphatic rings. The van der Waals surface area contributed by atoms with Gasteiger partial charge >= 0.3 is 0 Å². The number of anilines is 2. The number of fused-ring (bicyclic) bond motifs is 1. The van der Waals surface area contributed by atoms with Crippen LogP contribution < -0.4 is 15.4 Å². The van der Waals surface area contributed by atoms with Crippen LogP contribution in [0.5, 0.6) is 5.75 Å². The average molecular weight is 310 g/mol. The third-order valence-electron chi connectivity index (χ3n) is 4.28. The molecule has 3 rings (SSSR count). The van der Waals surface area contributed by atoms with Crippen LogP contribution in [0.25, 0.3) is 0 Å². The number of carbonyl (C=O) groups excluding carboxylic acids is 1. The minimum atomic E-state index is -0.0314. The van der Waals surface area contributed by atoms with Crippen molar-refractivity contribution >= 4 is 17.3 Å². The number of aryl methyl sites for hydroxylation is 1. The molecule has 0 aromatic heterocycles. The molecule has 0 fully saturated rings. The Hall–Kier alpha value is -2.49. The van der Waals surface area contributed by atoms with Crippen LogP contribution in [0.15, 0.2) is 42.5 Å². The van der Waals surface area contributed by atoms with E-state index in [-0.39, 0.29) is 12.5 Å². The Balaban J connectivity index is 1.68. The molecule has 0 saturated carbocycles. The first kappa shape index (κ1) is 15.4. The number of amides is 1. The molecule has 1 amide bonds. The van der Waals surface area contributed by atoms with Crippen LogP contribution in [-0.2, 0) is 17.6 Å². The molecular formula is C19H22N2O2. The third-order valence-corrected chi connectivity index (χ3v) is 4.28. The summed E-state index contributed by atoms with van der Waals surface area (Å²) >= 11 is 0. The van der Waals surface area contributed by atoms with Gasteiger partial charge in [-0.3, -0.25) is 4.79 Å². The van der Waals surface area contributed by atoms with Crippen LogP contribution in [0.3, 0.4) is 0 Å². The van der Waals surface area contributed by atoms with Gasteiger partial charge in [0.25, 0.3) is 5.91 Å². The van der Waals surface area contributed by atoms with Gasteiger partial charge in [-0.2, -0.15) is 0 Å². The molecule has 4 nitrogen and oxygen atoms in total. The van der Waals surface area contributed by atoms with Crippen LogP contribution in [0, 0.1) is 0 Å². The smallest absolute Gasteiger partial charge is 0.264 e. The Morgan fingerprint density at radius 1 is 1.22 bits per heavy atom. The van der Waals surface area contributed by atoms with Crippen LogP contribution in [-0.4, -0.2) is 19.1 Å². The van der Waals surface area contributed by atoms with Gasteiger partial charge < -0.3 is 15.4 Å². The summed E-state index contributed by atoms with van der Waals surface area (Å²) in [6.07, 6.45) is 2.84. The number of benzene rings is 2. The van der Waals surface area contributed by atoms with Crippen molar-refractivity contribution in [3.63, 3.8) is 0 Å². The predicted octanol–water partition coefficient (Wildman–Crippen LogP) is 3.19. The second-order valence-corrected chi connectivity index (χ2v) is 5.78. The zero-order chi connectivity index (χ0) is 16.2. The number of hydrogen-bond acceptors (Lipinski definition) is 3. The van der Waals surface area contributed by atoms with E-state index in [4.69, 9.17) is 10.5 Å². The summed E-state index contributed by atoms with van der Waals surface area (Å²) in [4.78, 5) is 14.3. The lowest BCUT2D eigenvalue weighted by atomic mass is 10.00. The van der Waals surface area contributed by atoms with Gasteiger partial charge in [-0.25, -0.2) is 0 Å². The molecule has 1 aliphatic heterocycles. The van der Waals surface area contributed by atoms with Gasteiger partial charge in [0.2, 0.25) is 0 Å². The van der Waals surface area contributed by atoms with Crippen molar-refractivity contribution in [3.05, 3.63) is 53.6 Å². The van der Waals surface area contributed by atoms with Gasteiger partial charge in [0.05, 0.1) is 0 Å². The van der Waals surface area contributed by atoms with Crippen LogP contribution in [0.4, 0.5) is 11.4 Å². The topological polar surface area (TPSA) is 55.6 Å². The van der Waals surface area contributed by atoms with Crippen molar-refractivity contribution in [1.82, 2.24) is 0 Å². The number of hydrogen-bond donors (Lipinski definition) is 1. The Bertz CT molecular complexity index is 695. The van der Waals surface area contributed by atoms with Crippen LogP contribution in [0.2, 0.25) is 0 Å². The minimum absolute atomic E-state index is 0.0314. The lowest BCUT2D eigenvalue weighted by Gasteiger charge is -2.30. The highest BCUT2D eigenvalue weighted by Crippen LogP contribution is 2.31. The highest BCUT2D eigenvalue weighted by Gasteiger charge is 2.23. The number of rotatable bonds is 4. The number of carbonyl (C=O) groups is 1. The summed E-state index contributed by atoms with van der Waals surface area (Å²) in [7, 11) is 0. The van der Waals surface area contributed by atoms with Gasteiger partial charge in [0.1, 0.15) is 5.75 Å². The predicted molar refractivity (Wildman–Crippen MR) is 92.8 cm³/mol. The molecule has 2 aromatic rings. The van der Waals surface area contributed by atoms with Crippen molar-refractivity contribution in [3.8, 4) is 5.75 Å². The molecule has 120 valence electrons. The molecule has 2 aromatic carbocycles. The average Bonchev–Trinajstić information content (AvgIpc) is 2.60. The molecule has 0 saturated heterocycles. The van der Waals surface area contributed by atoms with Crippen LogP contribution in [0.1, 0.15) is 24.5 Å². The van der Waals surface area contributed by atoms with E-state index in [1.807, 2.05) is 42.5 Å². The lowest BCUT2D eigenvalue weighted by Crippen LogP contribution is -2.38. The maximum absolute atomic E-state index is 12.5. The van der Waals surface area contributed by atoms with Crippen molar-refractivity contribution in [2.45, 2.75) is 26.2 Å². The van der Waals surface area contributed by atoms with Gasteiger partial charge in [-0.05, 0) is 54.7 Å². The molecule has 1 heterocycles. The molecule has 2 N–H and O–H groups in total. The SMILES string of the molecule is CCc1ccc(OCC(=O)N2CCCc3c(N)cccc32)cc1. The van der Waals surface area contributed by atoms with E-state index in [0.717, 1.165) is 42.0 Å². The molecule has 0 aliphatic carbocycles. The maximum atomic E-state index is 12.5. The number of nitrogens with zero attached hydrogens (tertiary/aromatic N) is 1. The summed E-state index contributed by atoms with van der Waals surface area (Å²) in [5, 5.41) is 0. The van der Waals surface area contributed by atoms with Crippen molar-refractivity contribution in [2.24, 2.45) is 0 Å². The Kier molecular flexibility index (Phi) is 4.51. The quantitative estimate of drug-likeness (QED) is 0.882. The lowest BCUT2D eigenvalue weighted by molar-refractivity contribution is -0.120. The van der Waals surface area contributed by atoms with E-state index < -0.39 is 0 Å². The first-order valence-electron chi connectivity index (χ1n) is 8.08. The van der Waals surface area contributed by atoms with E-state index in [1.54, 1.807) is 4.90 Å². The Labute approximate surface area is 136 Å². The summed E-state index contributed by atoms with van der Waals surface area (Å²) in [6, 6.07) is 13.6. The number of ether oxygens (including phenoxy) is 1. The van der Waals surface area contributed by atoms with E-state index in [2.05, 4.69) is 6.92 Å². The van der Waals surface area contributed by atoms with Crippen molar-refractivity contribution in [2.75, 3.05) is 23.8 Å². The molecule has 0 atom stereocenters. The summed E-state index contributed by atoms with van der Waals surface area (Å²) in [5.74, 6) is 0.691. The molecule has 23 heavy (non-hydrogen) atoms. The third kappa shape index (κ3) is 3.31. The normalized spacial score (nSPS) is 13.5. The summed E-state index contributed by atoms with van der Waals surface area (Å²) in [6.45, 7) is 2.87. The molecule has 0 bridgehead atoms. The minimum Gasteiger partial charge on any atom is -0.484 e. The second-order valence-electron chi connectivity index (χ2n) is 5.78. The molecule has 4 heteroatoms. The highest BCUT2D eigenvalue weighted by atomic mass is 16.5. The molecular weight excluding hydrogens is 288 g/mol. The largest absolute Gasteiger partial charge is 0.484 e. The van der Waals surface area contributed by atoms with Crippen molar-refractivity contribution in [1.29, 1.82) is 0 Å². The van der Waals surface area contributed by atoms with Crippen molar-refractivity contribution < 1.29 is 9.53 Å². The number of nitrogen functional groups attached to an aromatic ring is 1. The van der Waals surface area contributed by atoms with Crippen LogP contribution >= 0.6 is 0 Å². The van der Waals surface area contributed by atoms with Gasteiger partial charge in [0.15, 0.2) is 6.61 Å².